The monoisotopic (exact) mass is 293 g/mol. The summed E-state index contributed by atoms with van der Waals surface area (Å²) in [6.45, 7) is 0.886. The highest BCUT2D eigenvalue weighted by Gasteiger charge is 2.37. The number of carbonyl (C=O) groups excluding carboxylic acids is 3. The van der Waals surface area contributed by atoms with Gasteiger partial charge in [-0.2, -0.15) is 0 Å². The fraction of sp³-hybridized carbons (Fsp3) is 0.357. The van der Waals surface area contributed by atoms with Gasteiger partial charge < -0.3 is 9.84 Å². The number of benzene rings is 1. The third kappa shape index (κ3) is 3.26. The minimum absolute atomic E-state index is 0.0315. The van der Waals surface area contributed by atoms with E-state index in [1.807, 2.05) is 0 Å². The highest BCUT2D eigenvalue weighted by molar-refractivity contribution is 6.20. The third-order valence-electron chi connectivity index (χ3n) is 2.96. The van der Waals surface area contributed by atoms with Crippen molar-refractivity contribution < 1.29 is 29.1 Å². The highest BCUT2D eigenvalue weighted by Crippen LogP contribution is 2.23. The Morgan fingerprint density at radius 3 is 2.29 bits per heavy atom. The number of hydrogen-bond acceptors (Lipinski definition) is 6. The van der Waals surface area contributed by atoms with Crippen LogP contribution in [-0.2, 0) is 14.4 Å². The standard InChI is InChI=1S/C14H15NO6/c1-9(17)20-7-6-10(8-16)21-15-13(18)11-4-2-3-5-12(11)14(15)19/h2-5,10,16H,6-8H2,1H3. The molecule has 2 rings (SSSR count). The lowest BCUT2D eigenvalue weighted by atomic mass is 10.1. The lowest BCUT2D eigenvalue weighted by Crippen LogP contribution is -2.36. The van der Waals surface area contributed by atoms with Gasteiger partial charge in [0.05, 0.1) is 24.3 Å². The Balaban J connectivity index is 2.01. The number of nitrogens with zero attached hydrogens (tertiary/aromatic N) is 1. The van der Waals surface area contributed by atoms with Crippen molar-refractivity contribution in [2.45, 2.75) is 19.4 Å². The number of esters is 1. The van der Waals surface area contributed by atoms with Gasteiger partial charge in [-0.25, -0.2) is 0 Å². The number of amides is 2. The molecule has 0 aromatic heterocycles. The number of hydrogen-bond donors (Lipinski definition) is 1. The van der Waals surface area contributed by atoms with Crippen LogP contribution >= 0.6 is 0 Å². The number of rotatable bonds is 6. The summed E-state index contributed by atoms with van der Waals surface area (Å²) in [5, 5.41) is 9.86. The predicted molar refractivity (Wildman–Crippen MR) is 70.2 cm³/mol. The summed E-state index contributed by atoms with van der Waals surface area (Å²) in [6, 6.07) is 6.37. The van der Waals surface area contributed by atoms with Crippen molar-refractivity contribution >= 4 is 17.8 Å². The average Bonchev–Trinajstić information content (AvgIpc) is 2.71. The van der Waals surface area contributed by atoms with Crippen molar-refractivity contribution in [3.05, 3.63) is 35.4 Å². The van der Waals surface area contributed by atoms with Crippen molar-refractivity contribution in [1.29, 1.82) is 0 Å². The van der Waals surface area contributed by atoms with Crippen LogP contribution in [0.25, 0.3) is 0 Å². The maximum absolute atomic E-state index is 12.1. The van der Waals surface area contributed by atoms with E-state index in [1.54, 1.807) is 12.1 Å². The Bertz CT molecular complexity index is 535. The maximum Gasteiger partial charge on any atom is 0.302 e. The molecule has 0 saturated heterocycles. The minimum Gasteiger partial charge on any atom is -0.466 e. The second kappa shape index (κ2) is 6.47. The molecule has 1 aromatic rings. The summed E-state index contributed by atoms with van der Waals surface area (Å²) in [6.07, 6.45) is -0.643. The van der Waals surface area contributed by atoms with E-state index in [9.17, 15) is 19.5 Å². The van der Waals surface area contributed by atoms with Crippen LogP contribution in [0.2, 0.25) is 0 Å². The van der Waals surface area contributed by atoms with Gasteiger partial charge in [0.1, 0.15) is 6.10 Å². The first-order valence-corrected chi connectivity index (χ1v) is 6.43. The molecule has 7 heteroatoms. The molecule has 1 N–H and O–H groups in total. The largest absolute Gasteiger partial charge is 0.466 e. The summed E-state index contributed by atoms with van der Waals surface area (Å²) in [7, 11) is 0. The first kappa shape index (κ1) is 15.1. The van der Waals surface area contributed by atoms with E-state index in [2.05, 4.69) is 0 Å². The molecule has 0 bridgehead atoms. The highest BCUT2D eigenvalue weighted by atomic mass is 16.7. The van der Waals surface area contributed by atoms with Crippen LogP contribution in [0.3, 0.4) is 0 Å². The minimum atomic E-state index is -0.813. The van der Waals surface area contributed by atoms with E-state index in [0.717, 1.165) is 0 Å². The second-order valence-electron chi connectivity index (χ2n) is 4.49. The Labute approximate surface area is 121 Å². The molecule has 0 fully saturated rings. The van der Waals surface area contributed by atoms with Gasteiger partial charge in [-0.3, -0.25) is 19.2 Å². The molecular weight excluding hydrogens is 278 g/mol. The number of carbonyl (C=O) groups is 3. The number of fused-ring (bicyclic) bond motifs is 1. The number of hydroxylamine groups is 2. The SMILES string of the molecule is CC(=O)OCCC(CO)ON1C(=O)c2ccccc2C1=O. The summed E-state index contributed by atoms with van der Waals surface area (Å²) in [5.74, 6) is -1.59. The molecule has 1 atom stereocenters. The number of imide groups is 1. The van der Waals surface area contributed by atoms with Crippen LogP contribution in [0.4, 0.5) is 0 Å². The van der Waals surface area contributed by atoms with Crippen molar-refractivity contribution in [1.82, 2.24) is 5.06 Å². The van der Waals surface area contributed by atoms with Crippen LogP contribution in [0.5, 0.6) is 0 Å². The molecule has 2 amide bonds. The zero-order valence-corrected chi connectivity index (χ0v) is 11.4. The molecule has 1 aliphatic heterocycles. The lowest BCUT2D eigenvalue weighted by Gasteiger charge is -2.20. The molecule has 0 saturated carbocycles. The predicted octanol–water partition coefficient (Wildman–Crippen LogP) is 0.528. The van der Waals surface area contributed by atoms with Gasteiger partial charge in [-0.05, 0) is 12.1 Å². The quantitative estimate of drug-likeness (QED) is 0.607. The van der Waals surface area contributed by atoms with Crippen molar-refractivity contribution in [2.24, 2.45) is 0 Å². The zero-order valence-electron chi connectivity index (χ0n) is 11.4. The van der Waals surface area contributed by atoms with Gasteiger partial charge in [-0.15, -0.1) is 5.06 Å². The van der Waals surface area contributed by atoms with Gasteiger partial charge in [0.2, 0.25) is 0 Å². The summed E-state index contributed by atoms with van der Waals surface area (Å²) in [4.78, 5) is 40.0. The molecule has 0 aliphatic carbocycles. The molecule has 1 heterocycles. The zero-order chi connectivity index (χ0) is 15.4. The van der Waals surface area contributed by atoms with Crippen molar-refractivity contribution in [2.75, 3.05) is 13.2 Å². The van der Waals surface area contributed by atoms with E-state index < -0.39 is 30.5 Å². The summed E-state index contributed by atoms with van der Waals surface area (Å²) >= 11 is 0. The third-order valence-corrected chi connectivity index (χ3v) is 2.96. The Hall–Kier alpha value is -2.25. The number of ether oxygens (including phenoxy) is 1. The Kier molecular flexibility index (Phi) is 4.66. The lowest BCUT2D eigenvalue weighted by molar-refractivity contribution is -0.156. The van der Waals surface area contributed by atoms with Crippen molar-refractivity contribution in [3.8, 4) is 0 Å². The number of aliphatic hydroxyl groups is 1. The van der Waals surface area contributed by atoms with Gasteiger partial charge in [0, 0.05) is 13.3 Å². The van der Waals surface area contributed by atoms with Crippen LogP contribution in [0.15, 0.2) is 24.3 Å². The first-order valence-electron chi connectivity index (χ1n) is 6.43. The van der Waals surface area contributed by atoms with Crippen LogP contribution in [0, 0.1) is 0 Å². The Morgan fingerprint density at radius 1 is 1.24 bits per heavy atom. The van der Waals surface area contributed by atoms with Gasteiger partial charge >= 0.3 is 5.97 Å². The topological polar surface area (TPSA) is 93.1 Å². The van der Waals surface area contributed by atoms with E-state index in [-0.39, 0.29) is 24.2 Å². The molecule has 0 spiro atoms. The van der Waals surface area contributed by atoms with E-state index in [1.165, 1.54) is 19.1 Å². The van der Waals surface area contributed by atoms with E-state index >= 15 is 0 Å². The molecular formula is C14H15NO6. The molecule has 0 radical (unpaired) electrons. The van der Waals surface area contributed by atoms with Crippen LogP contribution in [-0.4, -0.2) is 47.3 Å². The van der Waals surface area contributed by atoms with Crippen LogP contribution < -0.4 is 0 Å². The fourth-order valence-electron chi connectivity index (χ4n) is 1.92. The first-order chi connectivity index (χ1) is 10.0. The van der Waals surface area contributed by atoms with Crippen LogP contribution in [0.1, 0.15) is 34.1 Å². The molecule has 21 heavy (non-hydrogen) atoms. The average molecular weight is 293 g/mol. The molecule has 1 aromatic carbocycles. The molecule has 1 aliphatic rings. The Morgan fingerprint density at radius 2 is 1.81 bits per heavy atom. The molecule has 1 unspecified atom stereocenters. The van der Waals surface area contributed by atoms with Gasteiger partial charge in [0.15, 0.2) is 0 Å². The maximum atomic E-state index is 12.1. The normalized spacial score (nSPS) is 15.0. The fourth-order valence-corrected chi connectivity index (χ4v) is 1.92. The summed E-state index contributed by atoms with van der Waals surface area (Å²) < 4.78 is 4.74. The molecule has 112 valence electrons. The second-order valence-corrected chi connectivity index (χ2v) is 4.49. The summed E-state index contributed by atoms with van der Waals surface area (Å²) in [5.41, 5.74) is 0.526. The smallest absolute Gasteiger partial charge is 0.302 e. The van der Waals surface area contributed by atoms with E-state index in [4.69, 9.17) is 9.57 Å². The van der Waals surface area contributed by atoms with Gasteiger partial charge in [-0.1, -0.05) is 12.1 Å². The van der Waals surface area contributed by atoms with E-state index in [0.29, 0.717) is 5.06 Å². The number of aliphatic hydroxyl groups excluding tert-OH is 1. The molecule has 7 nitrogen and oxygen atoms in total. The van der Waals surface area contributed by atoms with Gasteiger partial charge in [0.25, 0.3) is 11.8 Å². The van der Waals surface area contributed by atoms with Crippen molar-refractivity contribution in [3.63, 3.8) is 0 Å².